The fourth-order valence-electron chi connectivity index (χ4n) is 19.1. The standard InChI is InChI=1S/C64H104O31/c1-23-34(71)38(75)41(78)53(86-23)91-47-31(70)21-84-52(44(47)81)90-46-25(3)88-56(45(82)48(46)92-54-42(79)39(76)35(72)24(2)87-54)93-49-36(73)30(69)20-85-57(49)95-58(83)64-14-12-59(4,5)16-27(64)26-10-11-33-60(6)17-29(68)51(94-55-43(80)40(77)37(74)32(19-65)89-55)61(7,22-66)50(60)28(67)18-63(33,9)62(26,8)13-15-64/h10,23-25,27-57,65-82H,11-22H2,1-9H3. The van der Waals surface area contributed by atoms with Crippen molar-refractivity contribution < 1.29 is 154 Å². The van der Waals surface area contributed by atoms with Gasteiger partial charge in [-0.2, -0.15) is 0 Å². The third-order valence-corrected chi connectivity index (χ3v) is 24.7. The molecule has 546 valence electrons. The second kappa shape index (κ2) is 27.3. The van der Waals surface area contributed by atoms with Crippen LogP contribution in [-0.2, 0) is 61.6 Å². The number of aliphatic hydroxyl groups excluding tert-OH is 18. The van der Waals surface area contributed by atoms with E-state index in [2.05, 4.69) is 33.8 Å². The highest BCUT2D eigenvalue weighted by Gasteiger charge is 2.74. The van der Waals surface area contributed by atoms with Crippen molar-refractivity contribution in [3.63, 3.8) is 0 Å². The molecule has 4 saturated carbocycles. The second-order valence-corrected chi connectivity index (χ2v) is 31.1. The minimum atomic E-state index is -2.08. The van der Waals surface area contributed by atoms with E-state index in [1.54, 1.807) is 6.92 Å². The highest BCUT2D eigenvalue weighted by Crippen LogP contribution is 2.76. The Bertz CT molecular complexity index is 2700. The summed E-state index contributed by atoms with van der Waals surface area (Å²) < 4.78 is 72.4. The van der Waals surface area contributed by atoms with Crippen LogP contribution < -0.4 is 0 Å². The van der Waals surface area contributed by atoms with Crippen LogP contribution >= 0.6 is 0 Å². The number of rotatable bonds is 14. The monoisotopic (exact) mass is 1370 g/mol. The molecule has 0 aromatic rings. The molecule has 95 heavy (non-hydrogen) atoms. The summed E-state index contributed by atoms with van der Waals surface area (Å²) in [6.07, 6.45) is -45.6. The fraction of sp³-hybridized carbons (Fsp3) is 0.953. The normalized spacial score (nSPS) is 56.4. The van der Waals surface area contributed by atoms with Crippen LogP contribution in [0.25, 0.3) is 0 Å². The lowest BCUT2D eigenvalue weighted by Crippen LogP contribution is -2.72. The molecule has 5 aliphatic carbocycles. The van der Waals surface area contributed by atoms with Crippen molar-refractivity contribution in [2.24, 2.45) is 50.2 Å². The first kappa shape index (κ1) is 74.2. The highest BCUT2D eigenvalue weighted by molar-refractivity contribution is 5.79. The lowest BCUT2D eigenvalue weighted by atomic mass is 9.33. The van der Waals surface area contributed by atoms with E-state index in [9.17, 15) is 91.9 Å². The maximum Gasteiger partial charge on any atom is 0.315 e. The fourth-order valence-corrected chi connectivity index (χ4v) is 19.1. The van der Waals surface area contributed by atoms with E-state index in [0.717, 1.165) is 5.57 Å². The first-order valence-corrected chi connectivity index (χ1v) is 33.6. The highest BCUT2D eigenvalue weighted by atomic mass is 16.8. The van der Waals surface area contributed by atoms with E-state index in [1.165, 1.54) is 20.8 Å². The van der Waals surface area contributed by atoms with Gasteiger partial charge in [0.15, 0.2) is 37.6 Å². The molecule has 0 aromatic carbocycles. The number of carbonyl (C=O) groups excluding carboxylic acids is 1. The summed E-state index contributed by atoms with van der Waals surface area (Å²) in [4.78, 5) is 15.7. The number of carbonyl (C=O) groups is 1. The number of hydrogen-bond donors (Lipinski definition) is 18. The summed E-state index contributed by atoms with van der Waals surface area (Å²) in [5, 5.41) is 201. The summed E-state index contributed by atoms with van der Waals surface area (Å²) >= 11 is 0. The molecular weight excluding hydrogens is 1260 g/mol. The predicted molar refractivity (Wildman–Crippen MR) is 316 cm³/mol. The van der Waals surface area contributed by atoms with Crippen LogP contribution in [0.4, 0.5) is 0 Å². The molecule has 0 radical (unpaired) electrons. The Hall–Kier alpha value is -1.95. The lowest BCUT2D eigenvalue weighted by Gasteiger charge is -2.72. The summed E-state index contributed by atoms with van der Waals surface area (Å²) in [7, 11) is 0. The molecule has 6 saturated heterocycles. The van der Waals surface area contributed by atoms with E-state index >= 15 is 4.79 Å². The number of hydrogen-bond acceptors (Lipinski definition) is 31. The van der Waals surface area contributed by atoms with Crippen LogP contribution in [-0.4, -0.2) is 315 Å². The molecule has 0 bridgehead atoms. The van der Waals surface area contributed by atoms with Crippen LogP contribution in [0.3, 0.4) is 0 Å². The molecule has 11 aliphatic rings. The summed E-state index contributed by atoms with van der Waals surface area (Å²) in [5.41, 5.74) is -4.17. The Morgan fingerprint density at radius 1 is 0.484 bits per heavy atom. The van der Waals surface area contributed by atoms with Crippen molar-refractivity contribution in [2.75, 3.05) is 26.4 Å². The average molecular weight is 1370 g/mol. The molecule has 0 spiro atoms. The van der Waals surface area contributed by atoms with Gasteiger partial charge in [-0.15, -0.1) is 0 Å². The largest absolute Gasteiger partial charge is 0.432 e. The van der Waals surface area contributed by atoms with Crippen LogP contribution in [0, 0.1) is 50.2 Å². The van der Waals surface area contributed by atoms with Gasteiger partial charge in [0.25, 0.3) is 0 Å². The molecule has 39 atom stereocenters. The smallest absolute Gasteiger partial charge is 0.315 e. The van der Waals surface area contributed by atoms with Gasteiger partial charge in [-0.3, -0.25) is 4.79 Å². The van der Waals surface area contributed by atoms with Crippen molar-refractivity contribution in [2.45, 2.75) is 304 Å². The van der Waals surface area contributed by atoms with Gasteiger partial charge in [0.2, 0.25) is 6.29 Å². The van der Waals surface area contributed by atoms with Crippen LogP contribution in [0.15, 0.2) is 11.6 Å². The van der Waals surface area contributed by atoms with Gasteiger partial charge in [-0.1, -0.05) is 53.2 Å². The minimum absolute atomic E-state index is 0.0761. The van der Waals surface area contributed by atoms with E-state index in [1.807, 2.05) is 6.92 Å². The van der Waals surface area contributed by atoms with E-state index < -0.39 is 262 Å². The Morgan fingerprint density at radius 3 is 1.61 bits per heavy atom. The summed E-state index contributed by atoms with van der Waals surface area (Å²) in [5.74, 6) is -2.09. The van der Waals surface area contributed by atoms with Crippen LogP contribution in [0.5, 0.6) is 0 Å². The Morgan fingerprint density at radius 2 is 1.00 bits per heavy atom. The predicted octanol–water partition coefficient (Wildman–Crippen LogP) is -5.11. The van der Waals surface area contributed by atoms with Gasteiger partial charge in [-0.05, 0) is 106 Å². The van der Waals surface area contributed by atoms with Gasteiger partial charge in [0.05, 0.1) is 68.5 Å². The summed E-state index contributed by atoms with van der Waals surface area (Å²) in [6.45, 7) is 14.1. The Balaban J connectivity index is 0.843. The number of esters is 1. The number of fused-ring (bicyclic) bond motifs is 7. The van der Waals surface area contributed by atoms with E-state index in [4.69, 9.17) is 56.8 Å². The maximum atomic E-state index is 15.7. The van der Waals surface area contributed by atoms with Gasteiger partial charge < -0.3 is 149 Å². The summed E-state index contributed by atoms with van der Waals surface area (Å²) in [6, 6.07) is 0. The quantitative estimate of drug-likeness (QED) is 0.0439. The van der Waals surface area contributed by atoms with Gasteiger partial charge in [-0.25, -0.2) is 0 Å². The van der Waals surface area contributed by atoms with Crippen LogP contribution in [0.1, 0.15) is 114 Å². The first-order chi connectivity index (χ1) is 44.4. The first-order valence-electron chi connectivity index (χ1n) is 33.6. The molecule has 6 heterocycles. The SMILES string of the molecule is CC1OC(OC2C(O)COC(OC3C(C)OC(OC4C(OC(=O)C56CCC(C)(C)CC5C5=CCC7C8(C)CC(O)C(OC9OC(CO)C(O)C(O)C9O)C(C)(CO)C8C(O)CC7(C)C5(C)CC6)OCC(O)C4O)C(O)C3OC3OC(C)C(O)C(O)C3O)C2O)C(O)C(O)C1O. The average Bonchev–Trinajstić information content (AvgIpc) is 0.669. The van der Waals surface area contributed by atoms with Crippen molar-refractivity contribution in [3.05, 3.63) is 11.6 Å². The van der Waals surface area contributed by atoms with Crippen molar-refractivity contribution in [1.82, 2.24) is 0 Å². The van der Waals surface area contributed by atoms with E-state index in [0.29, 0.717) is 32.1 Å². The Kier molecular flexibility index (Phi) is 21.4. The molecule has 31 nitrogen and oxygen atoms in total. The lowest BCUT2D eigenvalue weighted by molar-refractivity contribution is -0.395. The second-order valence-electron chi connectivity index (χ2n) is 31.1. The zero-order valence-corrected chi connectivity index (χ0v) is 55.0. The van der Waals surface area contributed by atoms with Crippen molar-refractivity contribution in [1.29, 1.82) is 0 Å². The third-order valence-electron chi connectivity index (χ3n) is 24.7. The molecule has 6 aliphatic heterocycles. The van der Waals surface area contributed by atoms with Gasteiger partial charge >= 0.3 is 5.97 Å². The molecule has 0 aromatic heterocycles. The topological polar surface area (TPSA) is 492 Å². The zero-order chi connectivity index (χ0) is 69.5. The maximum absolute atomic E-state index is 15.7. The molecule has 0 amide bonds. The number of allylic oxidation sites excluding steroid dienone is 2. The van der Waals surface area contributed by atoms with Gasteiger partial charge in [0, 0.05) is 11.3 Å². The number of aliphatic hydroxyl groups is 18. The Labute approximate surface area is 550 Å². The molecule has 10 fully saturated rings. The molecule has 18 N–H and O–H groups in total. The molecular formula is C64H104O31. The van der Waals surface area contributed by atoms with E-state index in [-0.39, 0.29) is 30.6 Å². The van der Waals surface area contributed by atoms with Crippen molar-refractivity contribution in [3.8, 4) is 0 Å². The molecule has 31 heteroatoms. The molecule has 39 unspecified atom stereocenters. The van der Waals surface area contributed by atoms with Crippen molar-refractivity contribution >= 4 is 5.97 Å². The number of ether oxygens (including phenoxy) is 12. The zero-order valence-electron chi connectivity index (χ0n) is 55.0. The third kappa shape index (κ3) is 12.5. The van der Waals surface area contributed by atoms with Gasteiger partial charge in [0.1, 0.15) is 110 Å². The van der Waals surface area contributed by atoms with Crippen LogP contribution in [0.2, 0.25) is 0 Å². The minimum Gasteiger partial charge on any atom is -0.432 e. The molecule has 11 rings (SSSR count).